The molecular formula is C15H15ClFN3O. The molecule has 1 unspecified atom stereocenters. The first-order valence-electron chi connectivity index (χ1n) is 6.67. The van der Waals surface area contributed by atoms with E-state index < -0.39 is 0 Å². The van der Waals surface area contributed by atoms with E-state index in [2.05, 4.69) is 9.97 Å². The lowest BCUT2D eigenvalue weighted by molar-refractivity contribution is 0.456. The molecule has 0 aliphatic heterocycles. The highest BCUT2D eigenvalue weighted by atomic mass is 35.5. The van der Waals surface area contributed by atoms with E-state index in [1.54, 1.807) is 19.2 Å². The molecule has 3 aromatic rings. The summed E-state index contributed by atoms with van der Waals surface area (Å²) in [5.41, 5.74) is 1.98. The monoisotopic (exact) mass is 307 g/mol. The number of alkyl halides is 1. The number of oxazole rings is 1. The Balaban J connectivity index is 2.17. The Morgan fingerprint density at radius 3 is 2.76 bits per heavy atom. The highest BCUT2D eigenvalue weighted by Gasteiger charge is 2.18. The molecule has 1 atom stereocenters. The fraction of sp³-hybridized carbons (Fsp3) is 0.333. The minimum Gasteiger partial charge on any atom is -0.444 e. The van der Waals surface area contributed by atoms with Crippen molar-refractivity contribution in [2.24, 2.45) is 0 Å². The molecule has 2 heterocycles. The molecule has 0 bridgehead atoms. The maximum atomic E-state index is 13.7. The van der Waals surface area contributed by atoms with E-state index in [0.29, 0.717) is 29.3 Å². The molecule has 0 fully saturated rings. The number of aromatic nitrogens is 3. The van der Waals surface area contributed by atoms with E-state index in [1.807, 2.05) is 18.4 Å². The molecule has 0 aliphatic carbocycles. The predicted molar refractivity (Wildman–Crippen MR) is 79.0 cm³/mol. The highest BCUT2D eigenvalue weighted by Crippen LogP contribution is 2.27. The molecule has 21 heavy (non-hydrogen) atoms. The van der Waals surface area contributed by atoms with Gasteiger partial charge < -0.3 is 8.98 Å². The van der Waals surface area contributed by atoms with Crippen LogP contribution in [-0.4, -0.2) is 14.5 Å². The molecule has 0 N–H and O–H groups in total. The Morgan fingerprint density at radius 1 is 1.38 bits per heavy atom. The summed E-state index contributed by atoms with van der Waals surface area (Å²) in [5, 5.41) is -0.295. The molecule has 1 aromatic carbocycles. The summed E-state index contributed by atoms with van der Waals surface area (Å²) < 4.78 is 21.1. The predicted octanol–water partition coefficient (Wildman–Crippen LogP) is 4.13. The maximum Gasteiger partial charge on any atom is 0.214 e. The average molecular weight is 308 g/mol. The first-order chi connectivity index (χ1) is 9.95. The quantitative estimate of drug-likeness (QED) is 0.683. The molecule has 4 nitrogen and oxygen atoms in total. The molecule has 0 radical (unpaired) electrons. The van der Waals surface area contributed by atoms with Crippen LogP contribution in [0.2, 0.25) is 0 Å². The summed E-state index contributed by atoms with van der Waals surface area (Å²) in [7, 11) is 0. The number of imidazole rings is 1. The van der Waals surface area contributed by atoms with Gasteiger partial charge in [-0.3, -0.25) is 0 Å². The Morgan fingerprint density at radius 2 is 2.14 bits per heavy atom. The molecule has 0 amide bonds. The van der Waals surface area contributed by atoms with Crippen molar-refractivity contribution in [2.45, 2.75) is 32.7 Å². The molecule has 2 aromatic heterocycles. The topological polar surface area (TPSA) is 43.9 Å². The van der Waals surface area contributed by atoms with Gasteiger partial charge in [0, 0.05) is 6.07 Å². The second-order valence-corrected chi connectivity index (χ2v) is 5.78. The normalized spacial score (nSPS) is 13.0. The second-order valence-electron chi connectivity index (χ2n) is 5.13. The minimum absolute atomic E-state index is 0.270. The zero-order valence-corrected chi connectivity index (χ0v) is 12.8. The highest BCUT2D eigenvalue weighted by molar-refractivity contribution is 6.20. The van der Waals surface area contributed by atoms with Gasteiger partial charge in [-0.05, 0) is 32.4 Å². The lowest BCUT2D eigenvalue weighted by atomic mass is 10.2. The maximum absolute atomic E-state index is 13.7. The van der Waals surface area contributed by atoms with Crippen LogP contribution in [0.4, 0.5) is 4.39 Å². The first-order valence-corrected chi connectivity index (χ1v) is 7.11. The summed E-state index contributed by atoms with van der Waals surface area (Å²) >= 11 is 6.20. The van der Waals surface area contributed by atoms with Crippen LogP contribution in [0, 0.1) is 19.7 Å². The van der Waals surface area contributed by atoms with Crippen molar-refractivity contribution in [3.05, 3.63) is 47.2 Å². The fourth-order valence-corrected chi connectivity index (χ4v) is 2.51. The number of aryl methyl sites for hydroxylation is 2. The van der Waals surface area contributed by atoms with Gasteiger partial charge in [-0.25, -0.2) is 14.4 Å². The zero-order valence-electron chi connectivity index (χ0n) is 12.0. The molecule has 0 saturated carbocycles. The van der Waals surface area contributed by atoms with Crippen LogP contribution in [0.25, 0.3) is 11.0 Å². The van der Waals surface area contributed by atoms with E-state index in [9.17, 15) is 4.39 Å². The van der Waals surface area contributed by atoms with Gasteiger partial charge >= 0.3 is 0 Å². The van der Waals surface area contributed by atoms with Crippen molar-refractivity contribution in [3.63, 3.8) is 0 Å². The summed E-state index contributed by atoms with van der Waals surface area (Å²) in [4.78, 5) is 8.64. The standard InChI is InChI=1S/C15H15ClFN3O/c1-8-4-13-12(5-11(8)17)19-15(10(3)16)20(13)7-14-18-6-9(2)21-14/h4-6,10H,7H2,1-3H3. The molecule has 6 heteroatoms. The van der Waals surface area contributed by atoms with Gasteiger partial charge in [0.1, 0.15) is 23.9 Å². The zero-order chi connectivity index (χ0) is 15.1. The first kappa shape index (κ1) is 14.1. The SMILES string of the molecule is Cc1cnc(Cn2c(C(C)Cl)nc3cc(F)c(C)cc32)o1. The molecule has 0 saturated heterocycles. The van der Waals surface area contributed by atoms with Crippen LogP contribution in [-0.2, 0) is 6.54 Å². The van der Waals surface area contributed by atoms with Crippen LogP contribution >= 0.6 is 11.6 Å². The summed E-state index contributed by atoms with van der Waals surface area (Å²) in [6.45, 7) is 5.82. The van der Waals surface area contributed by atoms with Gasteiger partial charge in [0.2, 0.25) is 5.89 Å². The Labute approximate surface area is 126 Å². The second kappa shape index (κ2) is 5.15. The smallest absolute Gasteiger partial charge is 0.214 e. The number of fused-ring (bicyclic) bond motifs is 1. The molecular weight excluding hydrogens is 293 g/mol. The van der Waals surface area contributed by atoms with Crippen LogP contribution in [0.15, 0.2) is 22.7 Å². The van der Waals surface area contributed by atoms with Crippen molar-refractivity contribution in [3.8, 4) is 0 Å². The minimum atomic E-state index is -0.295. The van der Waals surface area contributed by atoms with Crippen LogP contribution in [0.3, 0.4) is 0 Å². The Kier molecular flexibility index (Phi) is 3.45. The number of benzene rings is 1. The van der Waals surface area contributed by atoms with Crippen LogP contribution in [0.1, 0.15) is 35.3 Å². The Bertz CT molecular complexity index is 807. The fourth-order valence-electron chi connectivity index (χ4n) is 2.35. The lowest BCUT2D eigenvalue weighted by Gasteiger charge is -2.08. The Hall–Kier alpha value is -1.88. The van der Waals surface area contributed by atoms with Crippen LogP contribution < -0.4 is 0 Å². The van der Waals surface area contributed by atoms with Crippen molar-refractivity contribution < 1.29 is 8.81 Å². The third kappa shape index (κ3) is 2.53. The van der Waals surface area contributed by atoms with Crippen molar-refractivity contribution in [2.75, 3.05) is 0 Å². The van der Waals surface area contributed by atoms with Gasteiger partial charge in [-0.1, -0.05) is 0 Å². The number of hydrogen-bond donors (Lipinski definition) is 0. The van der Waals surface area contributed by atoms with Gasteiger partial charge in [0.25, 0.3) is 0 Å². The van der Waals surface area contributed by atoms with E-state index in [-0.39, 0.29) is 11.2 Å². The van der Waals surface area contributed by atoms with Crippen molar-refractivity contribution in [1.29, 1.82) is 0 Å². The van der Waals surface area contributed by atoms with E-state index in [0.717, 1.165) is 11.3 Å². The third-order valence-electron chi connectivity index (χ3n) is 3.38. The number of rotatable bonds is 3. The van der Waals surface area contributed by atoms with Gasteiger partial charge in [0.15, 0.2) is 0 Å². The molecule has 110 valence electrons. The van der Waals surface area contributed by atoms with E-state index >= 15 is 0 Å². The van der Waals surface area contributed by atoms with E-state index in [4.69, 9.17) is 16.0 Å². The van der Waals surface area contributed by atoms with Crippen molar-refractivity contribution >= 4 is 22.6 Å². The average Bonchev–Trinajstić information content (AvgIpc) is 2.96. The lowest BCUT2D eigenvalue weighted by Crippen LogP contribution is -2.06. The number of halogens is 2. The summed E-state index contributed by atoms with van der Waals surface area (Å²) in [5.74, 6) is 1.73. The van der Waals surface area contributed by atoms with Crippen LogP contribution in [0.5, 0.6) is 0 Å². The largest absolute Gasteiger partial charge is 0.444 e. The number of hydrogen-bond acceptors (Lipinski definition) is 3. The van der Waals surface area contributed by atoms with E-state index in [1.165, 1.54) is 6.07 Å². The van der Waals surface area contributed by atoms with Gasteiger partial charge in [-0.2, -0.15) is 0 Å². The molecule has 0 spiro atoms. The summed E-state index contributed by atoms with van der Waals surface area (Å²) in [6.07, 6.45) is 1.67. The molecule has 0 aliphatic rings. The summed E-state index contributed by atoms with van der Waals surface area (Å²) in [6, 6.07) is 3.21. The molecule has 3 rings (SSSR count). The third-order valence-corrected chi connectivity index (χ3v) is 3.57. The number of nitrogens with zero attached hydrogens (tertiary/aromatic N) is 3. The van der Waals surface area contributed by atoms with Gasteiger partial charge in [-0.15, -0.1) is 11.6 Å². The van der Waals surface area contributed by atoms with Gasteiger partial charge in [0.05, 0.1) is 22.6 Å². The van der Waals surface area contributed by atoms with Crippen molar-refractivity contribution in [1.82, 2.24) is 14.5 Å².